The Hall–Kier alpha value is -4.15. The molecule has 0 saturated carbocycles. The largest absolute Gasteiger partial charge is 0.433 e. The van der Waals surface area contributed by atoms with Crippen molar-refractivity contribution >= 4 is 28.4 Å². The molecule has 200 valence electrons. The number of aliphatic hydroxyl groups excluding tert-OH is 1. The molecule has 1 N–H and O–H groups in total. The van der Waals surface area contributed by atoms with Crippen molar-refractivity contribution in [1.82, 2.24) is 14.5 Å². The highest BCUT2D eigenvalue weighted by Gasteiger charge is 2.77. The van der Waals surface area contributed by atoms with Gasteiger partial charge < -0.3 is 9.84 Å². The third-order valence-corrected chi connectivity index (χ3v) is 8.17. The van der Waals surface area contributed by atoms with Crippen LogP contribution < -0.4 is 10.5 Å². The molecular weight excluding hydrogens is 519 g/mol. The van der Waals surface area contributed by atoms with E-state index in [1.165, 1.54) is 18.3 Å². The maximum atomic E-state index is 13.9. The maximum Gasteiger partial charge on any atom is 0.433 e. The number of halogens is 3. The van der Waals surface area contributed by atoms with E-state index in [-0.39, 0.29) is 30.6 Å². The van der Waals surface area contributed by atoms with Gasteiger partial charge in [0.2, 0.25) is 11.8 Å². The van der Waals surface area contributed by atoms with E-state index in [0.29, 0.717) is 17.0 Å². The number of alkyl halides is 3. The fourth-order valence-electron chi connectivity index (χ4n) is 6.36. The van der Waals surface area contributed by atoms with Crippen LogP contribution in [0.4, 0.5) is 18.9 Å². The molecular formula is C26H20F3N5O5. The number of fused-ring (bicyclic) bond motifs is 6. The van der Waals surface area contributed by atoms with Gasteiger partial charge in [0, 0.05) is 30.6 Å². The first-order valence-corrected chi connectivity index (χ1v) is 12.1. The van der Waals surface area contributed by atoms with Gasteiger partial charge in [-0.05, 0) is 37.6 Å². The average molecular weight is 539 g/mol. The summed E-state index contributed by atoms with van der Waals surface area (Å²) < 4.78 is 46.0. The summed E-state index contributed by atoms with van der Waals surface area (Å²) >= 11 is 0. The molecule has 0 aliphatic carbocycles. The van der Waals surface area contributed by atoms with Gasteiger partial charge in [0.25, 0.3) is 5.56 Å². The molecule has 2 aromatic heterocycles. The van der Waals surface area contributed by atoms with Crippen LogP contribution in [0, 0.1) is 23.2 Å². The van der Waals surface area contributed by atoms with Crippen molar-refractivity contribution in [2.75, 3.05) is 4.90 Å². The zero-order valence-electron chi connectivity index (χ0n) is 20.3. The van der Waals surface area contributed by atoms with Gasteiger partial charge in [0.05, 0.1) is 46.6 Å². The minimum Gasteiger partial charge on any atom is -0.390 e. The number of benzene rings is 1. The molecule has 39 heavy (non-hydrogen) atoms. The molecule has 5 atom stereocenters. The molecule has 1 aromatic carbocycles. The van der Waals surface area contributed by atoms with Gasteiger partial charge in [-0.1, -0.05) is 0 Å². The van der Waals surface area contributed by atoms with Gasteiger partial charge in [-0.15, -0.1) is 0 Å². The lowest BCUT2D eigenvalue weighted by molar-refractivity contribution is -0.141. The van der Waals surface area contributed by atoms with E-state index in [0.717, 1.165) is 15.8 Å². The van der Waals surface area contributed by atoms with Crippen molar-refractivity contribution in [3.05, 3.63) is 64.5 Å². The van der Waals surface area contributed by atoms with Crippen molar-refractivity contribution < 1.29 is 32.6 Å². The van der Waals surface area contributed by atoms with E-state index in [9.17, 15) is 37.9 Å². The Morgan fingerprint density at radius 1 is 1.18 bits per heavy atom. The molecule has 2 amide bonds. The number of amides is 2. The number of aryl methyl sites for hydroxylation is 1. The molecule has 3 aromatic rings. The molecule has 2 bridgehead atoms. The Kier molecular flexibility index (Phi) is 5.27. The van der Waals surface area contributed by atoms with Crippen LogP contribution in [-0.2, 0) is 27.0 Å². The van der Waals surface area contributed by atoms with Crippen LogP contribution in [0.5, 0.6) is 0 Å². The Bertz CT molecular complexity index is 1670. The van der Waals surface area contributed by atoms with Crippen LogP contribution in [-0.4, -0.2) is 48.8 Å². The summed E-state index contributed by atoms with van der Waals surface area (Å²) in [5.41, 5.74) is -4.15. The number of aliphatic hydroxyl groups is 1. The number of pyridine rings is 1. The van der Waals surface area contributed by atoms with E-state index >= 15 is 0 Å². The van der Waals surface area contributed by atoms with Crippen LogP contribution in [0.2, 0.25) is 0 Å². The quantitative estimate of drug-likeness (QED) is 0.498. The van der Waals surface area contributed by atoms with Gasteiger partial charge >= 0.3 is 6.18 Å². The van der Waals surface area contributed by atoms with E-state index in [2.05, 4.69) is 9.97 Å². The van der Waals surface area contributed by atoms with Gasteiger partial charge in [0.15, 0.2) is 5.69 Å². The number of aromatic nitrogens is 3. The lowest BCUT2D eigenvalue weighted by Crippen LogP contribution is -2.49. The molecule has 5 heterocycles. The fraction of sp³-hybridized carbons (Fsp3) is 0.385. The molecule has 13 heteroatoms. The maximum absolute atomic E-state index is 13.9. The molecule has 0 unspecified atom stereocenters. The first-order valence-electron chi connectivity index (χ1n) is 12.1. The Balaban J connectivity index is 1.38. The minimum atomic E-state index is -4.78. The average Bonchev–Trinajstić information content (AvgIpc) is 3.43. The van der Waals surface area contributed by atoms with Gasteiger partial charge in [-0.25, -0.2) is 9.88 Å². The predicted molar refractivity (Wildman–Crippen MR) is 127 cm³/mol. The molecule has 6 rings (SSSR count). The number of rotatable bonds is 4. The Morgan fingerprint density at radius 3 is 2.62 bits per heavy atom. The number of anilines is 1. The van der Waals surface area contributed by atoms with Crippen LogP contribution in [0.15, 0.2) is 47.7 Å². The minimum absolute atomic E-state index is 0.00395. The molecule has 3 fully saturated rings. The number of carbonyl (C=O) groups excluding carboxylic acids is 2. The normalized spacial score (nSPS) is 29.7. The zero-order valence-corrected chi connectivity index (χ0v) is 20.3. The van der Waals surface area contributed by atoms with Crippen LogP contribution in [0.25, 0.3) is 10.9 Å². The van der Waals surface area contributed by atoms with Crippen molar-refractivity contribution in [3.63, 3.8) is 0 Å². The molecule has 3 aliphatic rings. The van der Waals surface area contributed by atoms with Crippen LogP contribution in [0.1, 0.15) is 31.0 Å². The van der Waals surface area contributed by atoms with Gasteiger partial charge in [-0.3, -0.25) is 23.9 Å². The van der Waals surface area contributed by atoms with Crippen LogP contribution >= 0.6 is 0 Å². The number of hydrogen-bond donors (Lipinski definition) is 1. The van der Waals surface area contributed by atoms with E-state index in [1.807, 2.05) is 6.07 Å². The molecule has 3 saturated heterocycles. The van der Waals surface area contributed by atoms with E-state index in [1.54, 1.807) is 19.1 Å². The monoisotopic (exact) mass is 539 g/mol. The lowest BCUT2D eigenvalue weighted by atomic mass is 9.66. The number of hydrogen-bond acceptors (Lipinski definition) is 8. The highest BCUT2D eigenvalue weighted by atomic mass is 19.4. The predicted octanol–water partition coefficient (Wildman–Crippen LogP) is 2.17. The van der Waals surface area contributed by atoms with Gasteiger partial charge in [0.1, 0.15) is 11.7 Å². The molecule has 3 aliphatic heterocycles. The summed E-state index contributed by atoms with van der Waals surface area (Å²) in [6.07, 6.45) is -3.64. The number of imide groups is 1. The van der Waals surface area contributed by atoms with Crippen molar-refractivity contribution in [2.24, 2.45) is 11.8 Å². The summed E-state index contributed by atoms with van der Waals surface area (Å²) in [5, 5.41) is 20.8. The number of carbonyl (C=O) groups is 2. The zero-order chi connectivity index (χ0) is 27.9. The first kappa shape index (κ1) is 25.1. The number of ether oxygens (including phenoxy) is 1. The van der Waals surface area contributed by atoms with Crippen LogP contribution in [0.3, 0.4) is 0 Å². The lowest BCUT2D eigenvalue weighted by Gasteiger charge is -2.33. The summed E-state index contributed by atoms with van der Waals surface area (Å²) in [6, 6.07) is 8.67. The van der Waals surface area contributed by atoms with Crippen molar-refractivity contribution in [3.8, 4) is 6.07 Å². The second-order valence-electron chi connectivity index (χ2n) is 10.2. The van der Waals surface area contributed by atoms with Gasteiger partial charge in [-0.2, -0.15) is 18.4 Å². The molecule has 0 radical (unpaired) electrons. The highest BCUT2D eigenvalue weighted by Crippen LogP contribution is 2.62. The third-order valence-electron chi connectivity index (χ3n) is 8.17. The second kappa shape index (κ2) is 8.17. The smallest absolute Gasteiger partial charge is 0.390 e. The van der Waals surface area contributed by atoms with Crippen molar-refractivity contribution in [1.29, 1.82) is 5.26 Å². The standard InChI is InChI=1S/C26H20F3N5O5/c1-24-17(35)10-25(39-24,6-8-33-12-32-16(9-18(33)36)26(27,28)29)20-19(24)22(37)34(23(20)38)15-5-4-13(11-30)21-14(15)3-2-7-31-21/h2-5,7,9,12,17,19-20,35H,6,8,10H2,1H3/t17-,19-,20+,24-,25+/m0/s1. The first-order chi connectivity index (χ1) is 18.4. The van der Waals surface area contributed by atoms with Crippen molar-refractivity contribution in [2.45, 2.75) is 49.8 Å². The highest BCUT2D eigenvalue weighted by molar-refractivity contribution is 6.26. The Morgan fingerprint density at radius 2 is 1.92 bits per heavy atom. The fourth-order valence-corrected chi connectivity index (χ4v) is 6.36. The Labute approximate surface area is 218 Å². The van der Waals surface area contributed by atoms with E-state index in [4.69, 9.17) is 4.74 Å². The topological polar surface area (TPSA) is 138 Å². The summed E-state index contributed by atoms with van der Waals surface area (Å²) in [7, 11) is 0. The molecule has 10 nitrogen and oxygen atoms in total. The van der Waals surface area contributed by atoms with E-state index < -0.39 is 58.4 Å². The number of nitrogens with zero attached hydrogens (tertiary/aromatic N) is 5. The summed E-state index contributed by atoms with van der Waals surface area (Å²) in [4.78, 5) is 48.7. The summed E-state index contributed by atoms with van der Waals surface area (Å²) in [5.74, 6) is -3.16. The summed E-state index contributed by atoms with van der Waals surface area (Å²) in [6.45, 7) is 1.41. The SMILES string of the molecule is C[C@]12O[C@](CCn3cnc(C(F)(F)F)cc3=O)(C[C@@H]1O)[C@H]1C(=O)N(c3ccc(C#N)c4ncccc34)C(=O)[C@H]12. The second-order valence-corrected chi connectivity index (χ2v) is 10.2. The molecule has 0 spiro atoms. The number of nitriles is 1. The third kappa shape index (κ3) is 3.44.